The molecule has 118 valence electrons. The van der Waals surface area contributed by atoms with Crippen LogP contribution < -0.4 is 10.5 Å². The summed E-state index contributed by atoms with van der Waals surface area (Å²) in [5.41, 5.74) is 7.37. The van der Waals surface area contributed by atoms with E-state index >= 15 is 0 Å². The van der Waals surface area contributed by atoms with Crippen molar-refractivity contribution in [1.29, 1.82) is 0 Å². The average molecular weight is 375 g/mol. The van der Waals surface area contributed by atoms with Gasteiger partial charge in [-0.2, -0.15) is 0 Å². The second kappa shape index (κ2) is 7.22. The van der Waals surface area contributed by atoms with Crippen molar-refractivity contribution in [3.63, 3.8) is 0 Å². The van der Waals surface area contributed by atoms with Crippen molar-refractivity contribution in [2.75, 3.05) is 0 Å². The summed E-state index contributed by atoms with van der Waals surface area (Å²) >= 11 is 3.40. The molecule has 1 aliphatic carbocycles. The van der Waals surface area contributed by atoms with Crippen LogP contribution in [-0.2, 0) is 16.6 Å². The predicted molar refractivity (Wildman–Crippen MR) is 88.6 cm³/mol. The molecule has 1 saturated carbocycles. The first-order valence-electron chi connectivity index (χ1n) is 7.45. The summed E-state index contributed by atoms with van der Waals surface area (Å²) in [4.78, 5) is 0.298. The van der Waals surface area contributed by atoms with Crippen molar-refractivity contribution >= 4 is 26.0 Å². The van der Waals surface area contributed by atoms with E-state index in [-0.39, 0.29) is 6.04 Å². The van der Waals surface area contributed by atoms with Crippen molar-refractivity contribution in [3.05, 3.63) is 27.7 Å². The number of hydrogen-bond acceptors (Lipinski definition) is 3. The van der Waals surface area contributed by atoms with Gasteiger partial charge in [0.15, 0.2) is 0 Å². The molecule has 0 atom stereocenters. The summed E-state index contributed by atoms with van der Waals surface area (Å²) in [6.07, 6.45) is 6.43. The highest BCUT2D eigenvalue weighted by Crippen LogP contribution is 2.28. The van der Waals surface area contributed by atoms with Gasteiger partial charge < -0.3 is 5.73 Å². The number of benzene rings is 1. The molecule has 1 aromatic carbocycles. The molecule has 0 heterocycles. The molecule has 0 bridgehead atoms. The molecule has 2 rings (SSSR count). The van der Waals surface area contributed by atoms with E-state index in [9.17, 15) is 8.42 Å². The summed E-state index contributed by atoms with van der Waals surface area (Å²) in [6.45, 7) is 2.22. The van der Waals surface area contributed by atoms with Crippen molar-refractivity contribution in [3.8, 4) is 0 Å². The highest BCUT2D eigenvalue weighted by Gasteiger charge is 2.24. The molecule has 0 aliphatic heterocycles. The Labute approximate surface area is 135 Å². The molecule has 1 aliphatic rings. The van der Waals surface area contributed by atoms with E-state index in [2.05, 4.69) is 20.7 Å². The van der Waals surface area contributed by atoms with Gasteiger partial charge >= 0.3 is 0 Å². The van der Waals surface area contributed by atoms with Crippen LogP contribution in [0.3, 0.4) is 0 Å². The highest BCUT2D eigenvalue weighted by molar-refractivity contribution is 9.10. The van der Waals surface area contributed by atoms with E-state index < -0.39 is 10.0 Å². The molecule has 0 spiro atoms. The lowest BCUT2D eigenvalue weighted by atomic mass is 10.1. The summed E-state index contributed by atoms with van der Waals surface area (Å²) < 4.78 is 28.8. The molecule has 6 heteroatoms. The molecular formula is C15H23BrN2O2S. The first-order chi connectivity index (χ1) is 9.94. The van der Waals surface area contributed by atoms with Crippen LogP contribution >= 0.6 is 15.9 Å². The van der Waals surface area contributed by atoms with Gasteiger partial charge in [0.2, 0.25) is 10.0 Å². The van der Waals surface area contributed by atoms with Crippen molar-refractivity contribution in [2.24, 2.45) is 5.73 Å². The summed E-state index contributed by atoms with van der Waals surface area (Å²) in [7, 11) is -3.51. The third kappa shape index (κ3) is 4.28. The lowest BCUT2D eigenvalue weighted by Crippen LogP contribution is -2.34. The van der Waals surface area contributed by atoms with Gasteiger partial charge in [-0.1, -0.05) is 31.7 Å². The summed E-state index contributed by atoms with van der Waals surface area (Å²) in [5, 5.41) is 0. The van der Waals surface area contributed by atoms with Crippen LogP contribution in [0.5, 0.6) is 0 Å². The Morgan fingerprint density at radius 2 is 1.86 bits per heavy atom. The quantitative estimate of drug-likeness (QED) is 0.794. The van der Waals surface area contributed by atoms with Crippen molar-refractivity contribution in [1.82, 2.24) is 4.72 Å². The van der Waals surface area contributed by atoms with Gasteiger partial charge in [0.05, 0.1) is 4.90 Å². The van der Waals surface area contributed by atoms with E-state index in [1.807, 2.05) is 13.0 Å². The molecule has 1 fully saturated rings. The summed E-state index contributed by atoms with van der Waals surface area (Å²) in [6, 6.07) is 3.62. The zero-order valence-corrected chi connectivity index (χ0v) is 14.8. The van der Waals surface area contributed by atoms with E-state index in [1.165, 1.54) is 12.8 Å². The van der Waals surface area contributed by atoms with E-state index in [1.54, 1.807) is 6.07 Å². The van der Waals surface area contributed by atoms with Crippen LogP contribution in [0, 0.1) is 6.92 Å². The second-order valence-electron chi connectivity index (χ2n) is 5.74. The number of aryl methyl sites for hydroxylation is 1. The number of nitrogens with one attached hydrogen (secondary N) is 1. The standard InChI is InChI=1S/C15H23BrN2O2S/c1-11-8-12(10-17)9-14(15(11)16)21(19,20)18-13-6-4-2-3-5-7-13/h8-9,13,18H,2-7,10,17H2,1H3. The number of nitrogens with two attached hydrogens (primary N) is 1. The molecule has 0 aromatic heterocycles. The number of hydrogen-bond donors (Lipinski definition) is 2. The van der Waals surface area contributed by atoms with Crippen LogP contribution in [0.25, 0.3) is 0 Å². The van der Waals surface area contributed by atoms with E-state index in [4.69, 9.17) is 5.73 Å². The Morgan fingerprint density at radius 3 is 2.43 bits per heavy atom. The Kier molecular flexibility index (Phi) is 5.82. The maximum Gasteiger partial charge on any atom is 0.241 e. The fraction of sp³-hybridized carbons (Fsp3) is 0.600. The SMILES string of the molecule is Cc1cc(CN)cc(S(=O)(=O)NC2CCCCCC2)c1Br. The topological polar surface area (TPSA) is 72.2 Å². The average Bonchev–Trinajstić information content (AvgIpc) is 2.69. The molecule has 0 saturated heterocycles. The second-order valence-corrected chi connectivity index (χ2v) is 8.21. The van der Waals surface area contributed by atoms with Crippen LogP contribution in [-0.4, -0.2) is 14.5 Å². The van der Waals surface area contributed by atoms with Gasteiger partial charge in [0.25, 0.3) is 0 Å². The Morgan fingerprint density at radius 1 is 1.24 bits per heavy atom. The molecule has 0 unspecified atom stereocenters. The van der Waals surface area contributed by atoms with Gasteiger partial charge in [-0.05, 0) is 52.9 Å². The summed E-state index contributed by atoms with van der Waals surface area (Å²) in [5.74, 6) is 0. The van der Waals surface area contributed by atoms with Crippen LogP contribution in [0.4, 0.5) is 0 Å². The van der Waals surface area contributed by atoms with Crippen LogP contribution in [0.2, 0.25) is 0 Å². The zero-order valence-electron chi connectivity index (χ0n) is 12.4. The third-order valence-corrected chi connectivity index (χ3v) is 6.84. The molecule has 0 radical (unpaired) electrons. The minimum atomic E-state index is -3.51. The molecule has 4 nitrogen and oxygen atoms in total. The third-order valence-electron chi connectivity index (χ3n) is 3.98. The Hall–Kier alpha value is -0.430. The maximum absolute atomic E-state index is 12.7. The van der Waals surface area contributed by atoms with E-state index in [0.29, 0.717) is 15.9 Å². The minimum absolute atomic E-state index is 0.0474. The number of halogens is 1. The zero-order chi connectivity index (χ0) is 15.5. The lowest BCUT2D eigenvalue weighted by molar-refractivity contribution is 0.509. The minimum Gasteiger partial charge on any atom is -0.326 e. The largest absolute Gasteiger partial charge is 0.326 e. The molecule has 21 heavy (non-hydrogen) atoms. The molecule has 3 N–H and O–H groups in total. The molecule has 0 amide bonds. The van der Waals surface area contributed by atoms with Gasteiger partial charge in [0.1, 0.15) is 0 Å². The van der Waals surface area contributed by atoms with Gasteiger partial charge in [-0.25, -0.2) is 13.1 Å². The normalized spacial score (nSPS) is 17.7. The van der Waals surface area contributed by atoms with Crippen LogP contribution in [0.1, 0.15) is 49.7 Å². The first-order valence-corrected chi connectivity index (χ1v) is 9.73. The van der Waals surface area contributed by atoms with Gasteiger partial charge in [-0.15, -0.1) is 0 Å². The van der Waals surface area contributed by atoms with Crippen molar-refractivity contribution in [2.45, 2.75) is 62.9 Å². The maximum atomic E-state index is 12.7. The fourth-order valence-electron chi connectivity index (χ4n) is 2.80. The monoisotopic (exact) mass is 374 g/mol. The van der Waals surface area contributed by atoms with Gasteiger partial charge in [-0.3, -0.25) is 0 Å². The smallest absolute Gasteiger partial charge is 0.241 e. The lowest BCUT2D eigenvalue weighted by Gasteiger charge is -2.18. The Bertz CT molecular complexity index is 594. The fourth-order valence-corrected chi connectivity index (χ4v) is 5.18. The van der Waals surface area contributed by atoms with Gasteiger partial charge in [0, 0.05) is 17.1 Å². The Balaban J connectivity index is 2.28. The van der Waals surface area contributed by atoms with Crippen molar-refractivity contribution < 1.29 is 8.42 Å². The predicted octanol–water partition coefficient (Wildman–Crippen LogP) is 3.22. The van der Waals surface area contributed by atoms with Crippen LogP contribution in [0.15, 0.2) is 21.5 Å². The van der Waals surface area contributed by atoms with E-state index in [0.717, 1.165) is 36.8 Å². The number of rotatable bonds is 4. The molecule has 1 aromatic rings. The first kappa shape index (κ1) is 16.9. The highest BCUT2D eigenvalue weighted by atomic mass is 79.9. The molecular weight excluding hydrogens is 352 g/mol. The number of sulfonamides is 1.